The van der Waals surface area contributed by atoms with Gasteiger partial charge in [-0.05, 0) is 80.8 Å². The van der Waals surface area contributed by atoms with Crippen LogP contribution in [0, 0.1) is 11.8 Å². The molecule has 0 bridgehead atoms. The number of benzene rings is 2. The molecule has 11 nitrogen and oxygen atoms in total. The van der Waals surface area contributed by atoms with Gasteiger partial charge in [-0.1, -0.05) is 26.0 Å². The van der Waals surface area contributed by atoms with Crippen molar-refractivity contribution in [2.45, 2.75) is 44.9 Å². The number of fused-ring (bicyclic) bond motifs is 3. The maximum atomic E-state index is 14.1. The number of allylic oxidation sites excluding steroid dienone is 1. The number of rotatable bonds is 8. The lowest BCUT2D eigenvalue weighted by molar-refractivity contribution is -0.148. The summed E-state index contributed by atoms with van der Waals surface area (Å²) in [4.78, 5) is 43.6. The van der Waals surface area contributed by atoms with Gasteiger partial charge in [0.2, 0.25) is 5.78 Å². The zero-order chi connectivity index (χ0) is 32.2. The number of carbonyl (C=O) groups excluding carboxylic acids is 3. The van der Waals surface area contributed by atoms with Crippen molar-refractivity contribution in [1.29, 1.82) is 0 Å². The lowest BCUT2D eigenvalue weighted by Crippen LogP contribution is -2.63. The van der Waals surface area contributed by atoms with Crippen LogP contribution in [-0.2, 0) is 22.6 Å². The molecular weight excluding hydrogens is 566 g/mol. The normalized spacial score (nSPS) is 24.9. The molecule has 0 saturated heterocycles. The first-order chi connectivity index (χ1) is 20.8. The number of ketones is 2. The van der Waals surface area contributed by atoms with Gasteiger partial charge < -0.3 is 30.9 Å². The summed E-state index contributed by atoms with van der Waals surface area (Å²) < 4.78 is 5.70. The highest BCUT2D eigenvalue weighted by Crippen LogP contribution is 2.53. The lowest BCUT2D eigenvalue weighted by atomic mass is 9.58. The Morgan fingerprint density at radius 2 is 1.75 bits per heavy atom. The molecule has 2 aromatic carbocycles. The maximum Gasteiger partial charge on any atom is 0.255 e. The second-order valence-corrected chi connectivity index (χ2v) is 11.9. The summed E-state index contributed by atoms with van der Waals surface area (Å²) in [5.41, 5.74) is 4.65. The molecule has 1 unspecified atom stereocenters. The van der Waals surface area contributed by atoms with Gasteiger partial charge in [-0.15, -0.1) is 0 Å². The highest BCUT2D eigenvalue weighted by molar-refractivity contribution is 6.25. The van der Waals surface area contributed by atoms with Gasteiger partial charge in [-0.2, -0.15) is 0 Å². The minimum atomic E-state index is -2.68. The van der Waals surface area contributed by atoms with Gasteiger partial charge in [-0.25, -0.2) is 0 Å². The minimum absolute atomic E-state index is 0.0139. The van der Waals surface area contributed by atoms with Gasteiger partial charge in [0.1, 0.15) is 28.6 Å². The number of primary amides is 1. The van der Waals surface area contributed by atoms with Crippen LogP contribution in [0.2, 0.25) is 0 Å². The van der Waals surface area contributed by atoms with Crippen molar-refractivity contribution in [3.8, 4) is 22.6 Å². The molecule has 0 saturated carbocycles. The van der Waals surface area contributed by atoms with E-state index >= 15 is 0 Å². The van der Waals surface area contributed by atoms with Crippen molar-refractivity contribution in [3.05, 3.63) is 69.7 Å². The van der Waals surface area contributed by atoms with Crippen molar-refractivity contribution >= 4 is 17.5 Å². The summed E-state index contributed by atoms with van der Waals surface area (Å²) in [5, 5.41) is 45.3. The van der Waals surface area contributed by atoms with E-state index in [2.05, 4.69) is 18.7 Å². The van der Waals surface area contributed by atoms with Crippen LogP contribution >= 0.6 is 0 Å². The fourth-order valence-electron chi connectivity index (χ4n) is 7.27. The Labute approximate surface area is 255 Å². The predicted octanol–water partition coefficient (Wildman–Crippen LogP) is 2.64. The van der Waals surface area contributed by atoms with Crippen molar-refractivity contribution in [1.82, 2.24) is 9.80 Å². The van der Waals surface area contributed by atoms with E-state index in [4.69, 9.17) is 10.5 Å². The van der Waals surface area contributed by atoms with Crippen LogP contribution < -0.4 is 10.5 Å². The molecule has 234 valence electrons. The highest BCUT2D eigenvalue weighted by atomic mass is 16.5. The van der Waals surface area contributed by atoms with Gasteiger partial charge in [0, 0.05) is 23.6 Å². The summed E-state index contributed by atoms with van der Waals surface area (Å²) in [6.45, 7) is 6.63. The number of amides is 1. The van der Waals surface area contributed by atoms with E-state index in [1.54, 1.807) is 27.3 Å². The summed E-state index contributed by atoms with van der Waals surface area (Å²) in [6, 6.07) is 7.95. The number of phenolic OH excluding ortho intramolecular Hbond substituents is 1. The number of aliphatic hydroxyl groups excluding tert-OH is 2. The molecule has 0 spiro atoms. The summed E-state index contributed by atoms with van der Waals surface area (Å²) in [5.74, 6) is -6.24. The van der Waals surface area contributed by atoms with Crippen molar-refractivity contribution in [2.24, 2.45) is 17.6 Å². The molecule has 0 aromatic heterocycles. The number of carbonyl (C=O) groups is 3. The third-order valence-corrected chi connectivity index (χ3v) is 9.46. The molecule has 6 N–H and O–H groups in total. The summed E-state index contributed by atoms with van der Waals surface area (Å²) >= 11 is 0. The highest BCUT2D eigenvalue weighted by Gasteiger charge is 2.63. The van der Waals surface area contributed by atoms with Gasteiger partial charge in [-0.3, -0.25) is 24.2 Å². The number of nitrogens with zero attached hydrogens (tertiary/aromatic N) is 2. The quantitative estimate of drug-likeness (QED) is 0.282. The largest absolute Gasteiger partial charge is 0.510 e. The smallest absolute Gasteiger partial charge is 0.255 e. The summed E-state index contributed by atoms with van der Waals surface area (Å²) in [7, 11) is 4.76. The first-order valence-corrected chi connectivity index (χ1v) is 14.7. The number of hydrogen-bond donors (Lipinski definition) is 5. The number of aliphatic hydroxyl groups is 3. The van der Waals surface area contributed by atoms with Crippen molar-refractivity contribution in [2.75, 3.05) is 34.3 Å². The molecule has 0 fully saturated rings. The number of nitrogens with two attached hydrogens (primary N) is 1. The van der Waals surface area contributed by atoms with Crippen LogP contribution in [0.15, 0.2) is 53.0 Å². The van der Waals surface area contributed by atoms with E-state index in [-0.39, 0.29) is 29.7 Å². The molecule has 4 atom stereocenters. The standard InChI is InChI=1S/C33H39N3O8/c1-6-36(7-2)15-16-8-11-23(44-5)19(12-16)18-9-10-22(37)25-20(18)13-17-14-21-27(35(3)4)29(39)26(32(34)42)31(41)33(21,43)30(40)24(17)28(25)38/h8-12,17,21,27,37,39-40,43H,6-7,13-15H2,1-5H3,(H2,34,42)/t17-,21?,27+,33-/m0/s1. The van der Waals surface area contributed by atoms with Gasteiger partial charge >= 0.3 is 0 Å². The van der Waals surface area contributed by atoms with Crippen LogP contribution in [-0.4, -0.2) is 93.6 Å². The zero-order valence-corrected chi connectivity index (χ0v) is 25.5. The first-order valence-electron chi connectivity index (χ1n) is 14.7. The monoisotopic (exact) mass is 605 g/mol. The second kappa shape index (κ2) is 11.4. The van der Waals surface area contributed by atoms with Crippen LogP contribution in [0.5, 0.6) is 11.5 Å². The third-order valence-electron chi connectivity index (χ3n) is 9.46. The van der Waals surface area contributed by atoms with Gasteiger partial charge in [0.25, 0.3) is 5.91 Å². The lowest BCUT2D eigenvalue weighted by Gasteiger charge is -2.50. The Balaban J connectivity index is 1.69. The first kappa shape index (κ1) is 31.2. The van der Waals surface area contributed by atoms with Crippen molar-refractivity contribution in [3.63, 3.8) is 0 Å². The molecular formula is C33H39N3O8. The summed E-state index contributed by atoms with van der Waals surface area (Å²) in [6.07, 6.45) is 0.196. The molecule has 3 aliphatic carbocycles. The Morgan fingerprint density at radius 1 is 1.07 bits per heavy atom. The fourth-order valence-corrected chi connectivity index (χ4v) is 7.27. The van der Waals surface area contributed by atoms with Crippen LogP contribution in [0.1, 0.15) is 41.8 Å². The van der Waals surface area contributed by atoms with Crippen molar-refractivity contribution < 1.29 is 39.5 Å². The second-order valence-electron chi connectivity index (χ2n) is 11.9. The molecule has 2 aromatic rings. The third kappa shape index (κ3) is 4.58. The maximum absolute atomic E-state index is 14.1. The van der Waals surface area contributed by atoms with Crippen LogP contribution in [0.4, 0.5) is 0 Å². The SMILES string of the molecule is CCN(CC)Cc1ccc(OC)c(-c2ccc(O)c3c2C[C@H]2CC4[C@@H](N(C)C)C(O)=C(C(N)=O)C(=O)[C@@]4(O)C(O)=C2C3=O)c1. The molecule has 3 aliphatic rings. The molecule has 0 radical (unpaired) electrons. The van der Waals surface area contributed by atoms with E-state index in [1.165, 1.54) is 11.0 Å². The van der Waals surface area contributed by atoms with Gasteiger partial charge in [0.15, 0.2) is 11.4 Å². The molecule has 5 rings (SSSR count). The average molecular weight is 606 g/mol. The van der Waals surface area contributed by atoms with E-state index in [1.807, 2.05) is 18.2 Å². The van der Waals surface area contributed by atoms with Crippen LogP contribution in [0.3, 0.4) is 0 Å². The van der Waals surface area contributed by atoms with E-state index in [9.17, 15) is 34.8 Å². The minimum Gasteiger partial charge on any atom is -0.510 e. The molecule has 44 heavy (non-hydrogen) atoms. The topological polar surface area (TPSA) is 174 Å². The molecule has 11 heteroatoms. The number of aromatic hydroxyl groups is 1. The zero-order valence-electron chi connectivity index (χ0n) is 25.5. The number of likely N-dealkylation sites (N-methyl/N-ethyl adjacent to an activating group) is 1. The van der Waals surface area contributed by atoms with E-state index in [0.717, 1.165) is 24.2 Å². The molecule has 1 amide bonds. The Morgan fingerprint density at radius 3 is 2.34 bits per heavy atom. The van der Waals surface area contributed by atoms with Crippen LogP contribution in [0.25, 0.3) is 11.1 Å². The van der Waals surface area contributed by atoms with Gasteiger partial charge in [0.05, 0.1) is 18.7 Å². The predicted molar refractivity (Wildman–Crippen MR) is 162 cm³/mol. The van der Waals surface area contributed by atoms with E-state index in [0.29, 0.717) is 23.4 Å². The molecule has 0 heterocycles. The number of ether oxygens (including phenoxy) is 1. The fraction of sp³-hybridized carbons (Fsp3) is 0.424. The molecule has 0 aliphatic heterocycles. The number of methoxy groups -OCH3 is 1. The number of phenols is 1. The Hall–Kier alpha value is -4.19. The Kier molecular flexibility index (Phi) is 8.08. The number of Topliss-reactive ketones (excluding diaryl/α,β-unsaturated/α-hetero) is 2. The average Bonchev–Trinajstić information content (AvgIpc) is 2.97. The number of hydrogen-bond acceptors (Lipinski definition) is 10. The van der Waals surface area contributed by atoms with E-state index < -0.39 is 58.0 Å². The Bertz CT molecular complexity index is 1620.